The molecule has 4 saturated carbocycles. The Kier molecular flexibility index (Phi) is 10.5. The molecule has 2 heterocycles. The van der Waals surface area contributed by atoms with E-state index >= 15 is 0 Å². The van der Waals surface area contributed by atoms with Crippen LogP contribution in [0.5, 0.6) is 23.0 Å². The zero-order valence-electron chi connectivity index (χ0n) is 29.1. The summed E-state index contributed by atoms with van der Waals surface area (Å²) in [4.78, 5) is 24.9. The van der Waals surface area contributed by atoms with Crippen molar-refractivity contribution in [1.82, 2.24) is 0 Å². The summed E-state index contributed by atoms with van der Waals surface area (Å²) in [6, 6.07) is 20.4. The second-order valence-electron chi connectivity index (χ2n) is 14.4. The lowest BCUT2D eigenvalue weighted by Crippen LogP contribution is -2.56. The molecule has 4 aliphatic carbocycles. The predicted molar refractivity (Wildman–Crippen MR) is 190 cm³/mol. The number of benzene rings is 3. The number of hydrogen-bond acceptors (Lipinski definition) is 9. The fourth-order valence-corrected chi connectivity index (χ4v) is 9.19. The number of hydrogen-bond donors (Lipinski definition) is 1. The Morgan fingerprint density at radius 3 is 2.06 bits per heavy atom. The van der Waals surface area contributed by atoms with Gasteiger partial charge in [-0.05, 0) is 68.7 Å². The van der Waals surface area contributed by atoms with E-state index in [0.717, 1.165) is 36.8 Å². The highest BCUT2D eigenvalue weighted by Crippen LogP contribution is 2.55. The first kappa shape index (κ1) is 35.6. The standard InChI is InChI=1S/C20H14O4.C19H28O3.CH4O3S/c1-22-20(21)15-8-3-2-7-13(15)14-9-6-12-18-19(14)24-17-11-5-4-10-16(17)23-18;20-18-12-6-2-1-5-11(12)17-13(18)9-10-16-19(17)22-15-8-4-3-7-14(15)21-16;1-5(2,3)4/h2-12H,1H3;11-17,19H,1-10H2;1H3,(H,2,3,4). The van der Waals surface area contributed by atoms with Gasteiger partial charge in [0.2, 0.25) is 0 Å². The number of esters is 1. The summed E-state index contributed by atoms with van der Waals surface area (Å²) in [7, 11) is -2.30. The number of Topliss-reactive ketones (excluding diaryl/α,β-unsaturated/α-hetero) is 1. The molecule has 51 heavy (non-hydrogen) atoms. The first-order valence-electron chi connectivity index (χ1n) is 18.1. The van der Waals surface area contributed by atoms with Gasteiger partial charge in [0.1, 0.15) is 5.78 Å². The molecule has 6 aliphatic rings. The van der Waals surface area contributed by atoms with Crippen molar-refractivity contribution in [3.05, 3.63) is 72.3 Å². The summed E-state index contributed by atoms with van der Waals surface area (Å²) in [5.41, 5.74) is 2.00. The van der Waals surface area contributed by atoms with E-state index in [1.54, 1.807) is 12.1 Å². The van der Waals surface area contributed by atoms with Gasteiger partial charge in [-0.15, -0.1) is 0 Å². The summed E-state index contributed by atoms with van der Waals surface area (Å²) in [6.07, 6.45) is 13.8. The Bertz CT molecular complexity index is 1850. The van der Waals surface area contributed by atoms with Gasteiger partial charge in [-0.3, -0.25) is 9.35 Å². The SMILES string of the molecule is COC(=O)c1ccccc1-c1cccc2c1Oc1ccccc1O2.CS(=O)(=O)O.O=C1C2CCCCC2C2C1CCC1OC3CCCCC3OC12. The van der Waals surface area contributed by atoms with Crippen LogP contribution in [0.1, 0.15) is 74.6 Å². The van der Waals surface area contributed by atoms with E-state index in [1.807, 2.05) is 54.6 Å². The van der Waals surface area contributed by atoms with Crippen LogP contribution in [0.3, 0.4) is 0 Å². The fourth-order valence-electron chi connectivity index (χ4n) is 9.19. The van der Waals surface area contributed by atoms with Crippen LogP contribution < -0.4 is 9.47 Å². The molecule has 0 spiro atoms. The number of ketones is 1. The molecule has 1 N–H and O–H groups in total. The lowest BCUT2D eigenvalue weighted by molar-refractivity contribution is -0.261. The highest BCUT2D eigenvalue weighted by molar-refractivity contribution is 7.85. The van der Waals surface area contributed by atoms with E-state index in [1.165, 1.54) is 45.6 Å². The summed E-state index contributed by atoms with van der Waals surface area (Å²) in [6.45, 7) is 0. The molecule has 10 nitrogen and oxygen atoms in total. The number of carbonyl (C=O) groups excluding carboxylic acids is 2. The monoisotopic (exact) mass is 718 g/mol. The van der Waals surface area contributed by atoms with Crippen LogP contribution >= 0.6 is 0 Å². The van der Waals surface area contributed by atoms with Crippen molar-refractivity contribution in [2.45, 2.75) is 88.6 Å². The zero-order valence-corrected chi connectivity index (χ0v) is 29.9. The van der Waals surface area contributed by atoms with Gasteiger partial charge in [0, 0.05) is 28.9 Å². The molecule has 8 unspecified atom stereocenters. The van der Waals surface area contributed by atoms with E-state index in [9.17, 15) is 18.0 Å². The third kappa shape index (κ3) is 7.58. The number of ether oxygens (including phenoxy) is 5. The highest BCUT2D eigenvalue weighted by atomic mass is 32.2. The van der Waals surface area contributed by atoms with Crippen LogP contribution in [0.15, 0.2) is 66.7 Å². The molecule has 1 saturated heterocycles. The lowest BCUT2D eigenvalue weighted by Gasteiger charge is -2.50. The highest BCUT2D eigenvalue weighted by Gasteiger charge is 2.58. The van der Waals surface area contributed by atoms with Crippen LogP contribution in [0.4, 0.5) is 0 Å². The van der Waals surface area contributed by atoms with Gasteiger partial charge in [0.15, 0.2) is 23.0 Å². The number of fused-ring (bicyclic) bond motifs is 8. The molecular weight excluding hydrogens is 672 g/mol. The number of carbonyl (C=O) groups is 2. The summed E-state index contributed by atoms with van der Waals surface area (Å²) in [5, 5.41) is 0. The van der Waals surface area contributed by atoms with Crippen molar-refractivity contribution in [3.63, 3.8) is 0 Å². The third-order valence-corrected chi connectivity index (χ3v) is 11.2. The summed E-state index contributed by atoms with van der Waals surface area (Å²) >= 11 is 0. The molecular formula is C40H46O10S. The minimum Gasteiger partial charge on any atom is -0.465 e. The van der Waals surface area contributed by atoms with Gasteiger partial charge in [0.25, 0.3) is 10.1 Å². The first-order chi connectivity index (χ1) is 24.6. The molecule has 272 valence electrons. The average molecular weight is 719 g/mol. The van der Waals surface area contributed by atoms with Gasteiger partial charge >= 0.3 is 5.97 Å². The molecule has 2 aliphatic heterocycles. The molecule has 9 rings (SSSR count). The van der Waals surface area contributed by atoms with E-state index in [-0.39, 0.29) is 24.1 Å². The van der Waals surface area contributed by atoms with Crippen LogP contribution in [-0.2, 0) is 29.1 Å². The van der Waals surface area contributed by atoms with Crippen molar-refractivity contribution in [2.24, 2.45) is 23.7 Å². The van der Waals surface area contributed by atoms with Crippen molar-refractivity contribution in [2.75, 3.05) is 13.4 Å². The normalized spacial score (nSPS) is 29.9. The molecule has 0 radical (unpaired) electrons. The maximum absolute atomic E-state index is 12.8. The zero-order chi connectivity index (χ0) is 35.7. The molecule has 0 bridgehead atoms. The minimum absolute atomic E-state index is 0.218. The van der Waals surface area contributed by atoms with E-state index < -0.39 is 10.1 Å². The predicted octanol–water partition coefficient (Wildman–Crippen LogP) is 8.04. The van der Waals surface area contributed by atoms with Crippen LogP contribution in [0.2, 0.25) is 0 Å². The Labute approximate surface area is 299 Å². The molecule has 0 amide bonds. The Morgan fingerprint density at radius 2 is 1.31 bits per heavy atom. The van der Waals surface area contributed by atoms with Crippen molar-refractivity contribution in [3.8, 4) is 34.1 Å². The quantitative estimate of drug-likeness (QED) is 0.160. The summed E-state index contributed by atoms with van der Waals surface area (Å²) < 4.78 is 55.8. The summed E-state index contributed by atoms with van der Waals surface area (Å²) in [5.74, 6) is 4.44. The maximum atomic E-state index is 12.8. The number of methoxy groups -OCH3 is 1. The molecule has 11 heteroatoms. The second-order valence-corrected chi connectivity index (χ2v) is 15.9. The molecule has 0 aromatic heterocycles. The van der Waals surface area contributed by atoms with Gasteiger partial charge in [-0.2, -0.15) is 8.42 Å². The molecule has 5 fully saturated rings. The van der Waals surface area contributed by atoms with E-state index in [2.05, 4.69) is 0 Å². The van der Waals surface area contributed by atoms with Crippen LogP contribution in [0, 0.1) is 23.7 Å². The molecule has 8 atom stereocenters. The number of rotatable bonds is 2. The maximum Gasteiger partial charge on any atom is 0.338 e. The lowest BCUT2D eigenvalue weighted by atomic mass is 9.70. The smallest absolute Gasteiger partial charge is 0.338 e. The van der Waals surface area contributed by atoms with E-state index in [0.29, 0.717) is 70.6 Å². The molecule has 3 aromatic rings. The largest absolute Gasteiger partial charge is 0.465 e. The van der Waals surface area contributed by atoms with Gasteiger partial charge < -0.3 is 23.7 Å². The van der Waals surface area contributed by atoms with Gasteiger partial charge in [-0.1, -0.05) is 68.1 Å². The van der Waals surface area contributed by atoms with Crippen LogP contribution in [-0.4, -0.2) is 62.5 Å². The van der Waals surface area contributed by atoms with Crippen molar-refractivity contribution in [1.29, 1.82) is 0 Å². The van der Waals surface area contributed by atoms with Crippen LogP contribution in [0.25, 0.3) is 11.1 Å². The van der Waals surface area contributed by atoms with Gasteiger partial charge in [0.05, 0.1) is 43.3 Å². The topological polar surface area (TPSA) is 135 Å². The fraction of sp³-hybridized carbons (Fsp3) is 0.500. The first-order valence-corrected chi connectivity index (χ1v) is 20.0. The third-order valence-electron chi connectivity index (χ3n) is 11.2. The minimum atomic E-state index is -3.67. The van der Waals surface area contributed by atoms with Gasteiger partial charge in [-0.25, -0.2) is 4.79 Å². The average Bonchev–Trinajstić information content (AvgIpc) is 3.44. The molecule has 3 aromatic carbocycles. The second kappa shape index (κ2) is 15.1. The van der Waals surface area contributed by atoms with E-state index in [4.69, 9.17) is 28.2 Å². The Balaban J connectivity index is 0.000000141. The van der Waals surface area contributed by atoms with Crippen molar-refractivity contribution >= 4 is 21.9 Å². The number of para-hydroxylation sites is 3. The van der Waals surface area contributed by atoms with Crippen molar-refractivity contribution < 1.29 is 46.2 Å². The Hall–Kier alpha value is -3.77. The Morgan fingerprint density at radius 1 is 0.706 bits per heavy atom.